The highest BCUT2D eigenvalue weighted by Gasteiger charge is 2.27. The predicted octanol–water partition coefficient (Wildman–Crippen LogP) is 2.20. The van der Waals surface area contributed by atoms with Crippen molar-refractivity contribution in [2.24, 2.45) is 0 Å². The van der Waals surface area contributed by atoms with Gasteiger partial charge in [-0.25, -0.2) is 13.1 Å². The molecule has 0 aromatic heterocycles. The van der Waals surface area contributed by atoms with Gasteiger partial charge in [-0.15, -0.1) is 0 Å². The van der Waals surface area contributed by atoms with Crippen LogP contribution in [0.5, 0.6) is 0 Å². The zero-order valence-electron chi connectivity index (χ0n) is 15.6. The van der Waals surface area contributed by atoms with E-state index in [1.54, 1.807) is 6.07 Å². The van der Waals surface area contributed by atoms with Crippen molar-refractivity contribution in [1.82, 2.24) is 9.62 Å². The van der Waals surface area contributed by atoms with Crippen LogP contribution >= 0.6 is 0 Å². The molecule has 0 heterocycles. The Balaban J connectivity index is 2.26. The van der Waals surface area contributed by atoms with Crippen molar-refractivity contribution in [2.45, 2.75) is 43.0 Å². The Labute approximate surface area is 155 Å². The van der Waals surface area contributed by atoms with Gasteiger partial charge in [0.1, 0.15) is 5.69 Å². The second kappa shape index (κ2) is 8.79. The van der Waals surface area contributed by atoms with E-state index in [-0.39, 0.29) is 23.2 Å². The van der Waals surface area contributed by atoms with Gasteiger partial charge in [-0.1, -0.05) is 19.3 Å². The molecule has 8 nitrogen and oxygen atoms in total. The summed E-state index contributed by atoms with van der Waals surface area (Å²) in [5.41, 5.74) is 0.294. The molecule has 0 bridgehead atoms. The van der Waals surface area contributed by atoms with Crippen LogP contribution in [0.3, 0.4) is 0 Å². The average Bonchev–Trinajstić information content (AvgIpc) is 2.60. The molecule has 26 heavy (non-hydrogen) atoms. The number of nitrogens with one attached hydrogen (secondary N) is 1. The van der Waals surface area contributed by atoms with Crippen molar-refractivity contribution < 1.29 is 13.3 Å². The number of benzene rings is 1. The van der Waals surface area contributed by atoms with Gasteiger partial charge in [0.2, 0.25) is 10.0 Å². The van der Waals surface area contributed by atoms with E-state index in [9.17, 15) is 18.5 Å². The molecule has 9 heteroatoms. The predicted molar refractivity (Wildman–Crippen MR) is 102 cm³/mol. The zero-order chi connectivity index (χ0) is 19.3. The summed E-state index contributed by atoms with van der Waals surface area (Å²) in [6, 6.07) is 4.41. The molecular formula is C17H28N4O4S. The van der Waals surface area contributed by atoms with Crippen molar-refractivity contribution in [1.29, 1.82) is 0 Å². The SMILES string of the molecule is CN(C)CCNS(=O)(=O)c1ccc(N(C)C2CCCCC2)c([N+](=O)[O-])c1. The maximum Gasteiger partial charge on any atom is 0.293 e. The van der Waals surface area contributed by atoms with Crippen LogP contribution in [-0.4, -0.2) is 58.5 Å². The van der Waals surface area contributed by atoms with E-state index in [4.69, 9.17) is 0 Å². The third-order valence-electron chi connectivity index (χ3n) is 4.81. The van der Waals surface area contributed by atoms with Crippen LogP contribution in [0.1, 0.15) is 32.1 Å². The monoisotopic (exact) mass is 384 g/mol. The Morgan fingerprint density at radius 1 is 1.19 bits per heavy atom. The summed E-state index contributed by atoms with van der Waals surface area (Å²) < 4.78 is 27.3. The number of hydrogen-bond donors (Lipinski definition) is 1. The molecule has 1 fully saturated rings. The van der Waals surface area contributed by atoms with Gasteiger partial charge in [0, 0.05) is 32.2 Å². The van der Waals surface area contributed by atoms with Gasteiger partial charge in [0.15, 0.2) is 0 Å². The Bertz CT molecular complexity index is 730. The zero-order valence-corrected chi connectivity index (χ0v) is 16.5. The molecule has 2 rings (SSSR count). The van der Waals surface area contributed by atoms with Crippen LogP contribution in [0, 0.1) is 10.1 Å². The molecule has 1 aromatic carbocycles. The maximum atomic E-state index is 12.4. The molecule has 1 saturated carbocycles. The summed E-state index contributed by atoms with van der Waals surface area (Å²) >= 11 is 0. The lowest BCUT2D eigenvalue weighted by atomic mass is 9.94. The summed E-state index contributed by atoms with van der Waals surface area (Å²) in [5, 5.41) is 11.5. The van der Waals surface area contributed by atoms with Crippen molar-refractivity contribution in [2.75, 3.05) is 39.1 Å². The number of nitrogens with zero attached hydrogens (tertiary/aromatic N) is 3. The third-order valence-corrected chi connectivity index (χ3v) is 6.27. The van der Waals surface area contributed by atoms with Gasteiger partial charge in [-0.05, 0) is 39.1 Å². The summed E-state index contributed by atoms with van der Waals surface area (Å²) in [4.78, 5) is 14.7. The van der Waals surface area contributed by atoms with E-state index in [0.29, 0.717) is 12.2 Å². The molecule has 0 atom stereocenters. The first-order chi connectivity index (χ1) is 12.2. The molecule has 1 N–H and O–H groups in total. The molecule has 0 saturated heterocycles. The first-order valence-corrected chi connectivity index (χ1v) is 10.4. The lowest BCUT2D eigenvalue weighted by molar-refractivity contribution is -0.384. The lowest BCUT2D eigenvalue weighted by Crippen LogP contribution is -2.34. The summed E-state index contributed by atoms with van der Waals surface area (Å²) in [7, 11) is 1.75. The van der Waals surface area contributed by atoms with E-state index >= 15 is 0 Å². The molecule has 0 unspecified atom stereocenters. The largest absolute Gasteiger partial charge is 0.366 e. The van der Waals surface area contributed by atoms with Crippen molar-refractivity contribution in [3.63, 3.8) is 0 Å². The van der Waals surface area contributed by atoms with Crippen molar-refractivity contribution in [3.05, 3.63) is 28.3 Å². The van der Waals surface area contributed by atoms with E-state index in [2.05, 4.69) is 4.72 Å². The second-order valence-electron chi connectivity index (χ2n) is 7.01. The van der Waals surface area contributed by atoms with Gasteiger partial charge in [-0.3, -0.25) is 10.1 Å². The fraction of sp³-hybridized carbons (Fsp3) is 0.647. The highest BCUT2D eigenvalue weighted by molar-refractivity contribution is 7.89. The number of likely N-dealkylation sites (N-methyl/N-ethyl adjacent to an activating group) is 1. The van der Waals surface area contributed by atoms with Crippen LogP contribution in [-0.2, 0) is 10.0 Å². The van der Waals surface area contributed by atoms with E-state index in [0.717, 1.165) is 31.7 Å². The molecular weight excluding hydrogens is 356 g/mol. The normalized spacial score (nSPS) is 16.0. The smallest absolute Gasteiger partial charge is 0.293 e. The van der Waals surface area contributed by atoms with Crippen molar-refractivity contribution >= 4 is 21.4 Å². The Hall–Kier alpha value is -1.71. The first-order valence-electron chi connectivity index (χ1n) is 8.88. The maximum absolute atomic E-state index is 12.4. The van der Waals surface area contributed by atoms with E-state index in [1.807, 2.05) is 30.9 Å². The number of sulfonamides is 1. The minimum Gasteiger partial charge on any atom is -0.366 e. The van der Waals surface area contributed by atoms with E-state index < -0.39 is 14.9 Å². The van der Waals surface area contributed by atoms with Gasteiger partial charge in [0.05, 0.1) is 9.82 Å². The lowest BCUT2D eigenvalue weighted by Gasteiger charge is -2.32. The van der Waals surface area contributed by atoms with E-state index in [1.165, 1.54) is 12.5 Å². The van der Waals surface area contributed by atoms with Gasteiger partial charge in [0.25, 0.3) is 5.69 Å². The Morgan fingerprint density at radius 3 is 2.42 bits per heavy atom. The highest BCUT2D eigenvalue weighted by atomic mass is 32.2. The molecule has 1 aromatic rings. The summed E-state index contributed by atoms with van der Waals surface area (Å²) in [6.07, 6.45) is 5.43. The highest BCUT2D eigenvalue weighted by Crippen LogP contribution is 2.34. The molecule has 0 spiro atoms. The number of rotatable bonds is 8. The minimum absolute atomic E-state index is 0.0799. The second-order valence-corrected chi connectivity index (χ2v) is 8.78. The fourth-order valence-corrected chi connectivity index (χ4v) is 4.31. The van der Waals surface area contributed by atoms with Gasteiger partial charge < -0.3 is 9.80 Å². The standard InChI is InChI=1S/C17H28N4O4S/c1-19(2)12-11-18-26(24,25)15-9-10-16(17(13-15)21(22)23)20(3)14-7-5-4-6-8-14/h9-10,13-14,18H,4-8,11-12H2,1-3H3. The quantitative estimate of drug-likeness (QED) is 0.545. The number of hydrogen-bond acceptors (Lipinski definition) is 6. The number of anilines is 1. The number of nitro groups is 1. The first kappa shape index (κ1) is 20.6. The van der Waals surface area contributed by atoms with Crippen LogP contribution in [0.15, 0.2) is 23.1 Å². The van der Waals surface area contributed by atoms with Crippen LogP contribution < -0.4 is 9.62 Å². The van der Waals surface area contributed by atoms with Crippen molar-refractivity contribution in [3.8, 4) is 0 Å². The van der Waals surface area contributed by atoms with Crippen LogP contribution in [0.4, 0.5) is 11.4 Å². The number of nitro benzene ring substituents is 1. The molecule has 146 valence electrons. The topological polar surface area (TPSA) is 95.8 Å². The van der Waals surface area contributed by atoms with Crippen LogP contribution in [0.25, 0.3) is 0 Å². The molecule has 1 aliphatic rings. The average molecular weight is 385 g/mol. The molecule has 1 aliphatic carbocycles. The Morgan fingerprint density at radius 2 is 1.85 bits per heavy atom. The fourth-order valence-electron chi connectivity index (χ4n) is 3.27. The molecule has 0 amide bonds. The minimum atomic E-state index is -3.78. The van der Waals surface area contributed by atoms with Crippen LogP contribution in [0.2, 0.25) is 0 Å². The Kier molecular flexibility index (Phi) is 6.96. The third kappa shape index (κ3) is 5.15. The van der Waals surface area contributed by atoms with Gasteiger partial charge >= 0.3 is 0 Å². The molecule has 0 aliphatic heterocycles. The summed E-state index contributed by atoms with van der Waals surface area (Å²) in [6.45, 7) is 0.788. The van der Waals surface area contributed by atoms with Gasteiger partial charge in [-0.2, -0.15) is 0 Å². The molecule has 0 radical (unpaired) electrons. The summed E-state index contributed by atoms with van der Waals surface area (Å²) in [5.74, 6) is 0.